The van der Waals surface area contributed by atoms with Gasteiger partial charge in [-0.3, -0.25) is 13.8 Å². The van der Waals surface area contributed by atoms with Crippen molar-refractivity contribution < 1.29 is 43.0 Å². The molecule has 0 aliphatic carbocycles. The molecule has 0 aromatic heterocycles. The van der Waals surface area contributed by atoms with Gasteiger partial charge in [0.2, 0.25) is 0 Å². The van der Waals surface area contributed by atoms with Crippen molar-refractivity contribution in [3.63, 3.8) is 0 Å². The molecule has 0 radical (unpaired) electrons. The number of hydrogen-bond donors (Lipinski definition) is 3. The third-order valence-corrected chi connectivity index (χ3v) is 9.00. The number of carbonyl (C=O) groups is 1. The molecule has 0 aliphatic heterocycles. The van der Waals surface area contributed by atoms with Crippen LogP contribution in [0.3, 0.4) is 0 Å². The van der Waals surface area contributed by atoms with Gasteiger partial charge in [-0.1, -0.05) is 127 Å². The molecule has 0 aromatic carbocycles. The van der Waals surface area contributed by atoms with E-state index < -0.39 is 39.2 Å². The third-order valence-electron chi connectivity index (χ3n) is 8.05. The zero-order valence-corrected chi connectivity index (χ0v) is 32.1. The summed E-state index contributed by atoms with van der Waals surface area (Å²) in [5.41, 5.74) is 0. The van der Waals surface area contributed by atoms with E-state index in [9.17, 15) is 19.4 Å². The number of aliphatic hydroxyl groups excluding tert-OH is 2. The second-order valence-electron chi connectivity index (χ2n) is 12.9. The standard InChI is InChI=1S/C39H73O9P/c1-3-5-7-9-11-13-15-17-18-20-22-24-26-28-30-32-45-35-38(36-47-49(43,44)46-34-37(41)33-40)48-39(42)31-29-27-25-23-21-19-16-14-12-10-8-6-4-2/h9,11,14-17,37-38,40-41H,3-8,10,12-13,18-36H2,1-2H3,(H,43,44)/b11-9-,16-14-,17-15-. The Labute approximate surface area is 299 Å². The minimum absolute atomic E-state index is 0.0389. The highest BCUT2D eigenvalue weighted by Crippen LogP contribution is 2.43. The van der Waals surface area contributed by atoms with Gasteiger partial charge in [-0.15, -0.1) is 0 Å². The largest absolute Gasteiger partial charge is 0.472 e. The van der Waals surface area contributed by atoms with Crippen LogP contribution in [0.15, 0.2) is 36.5 Å². The van der Waals surface area contributed by atoms with E-state index in [0.717, 1.165) is 64.2 Å². The van der Waals surface area contributed by atoms with Gasteiger partial charge in [-0.05, 0) is 64.2 Å². The molecule has 3 atom stereocenters. The fraction of sp³-hybridized carbons (Fsp3) is 0.821. The van der Waals surface area contributed by atoms with E-state index in [0.29, 0.717) is 13.0 Å². The van der Waals surface area contributed by atoms with Crippen LogP contribution in [0.1, 0.15) is 162 Å². The molecule has 10 heteroatoms. The lowest BCUT2D eigenvalue weighted by Gasteiger charge is -2.20. The SMILES string of the molecule is CCCC/C=C\C/C=C\CCCCCCCCOCC(COP(=O)(O)OCC(O)CO)OC(=O)CCCCCCC/C=C\CCCCCC. The van der Waals surface area contributed by atoms with Gasteiger partial charge in [0.25, 0.3) is 0 Å². The van der Waals surface area contributed by atoms with Crippen LogP contribution in [-0.4, -0.2) is 66.3 Å². The molecule has 0 amide bonds. The number of rotatable bonds is 37. The fourth-order valence-corrected chi connectivity index (χ4v) is 5.80. The Balaban J connectivity index is 4.26. The predicted octanol–water partition coefficient (Wildman–Crippen LogP) is 10.1. The molecule has 0 heterocycles. The zero-order valence-electron chi connectivity index (χ0n) is 31.2. The highest BCUT2D eigenvalue weighted by atomic mass is 31.2. The van der Waals surface area contributed by atoms with Crippen LogP contribution >= 0.6 is 7.82 Å². The third kappa shape index (κ3) is 36.3. The van der Waals surface area contributed by atoms with Crippen LogP contribution in [0, 0.1) is 0 Å². The first-order valence-corrected chi connectivity index (χ1v) is 21.0. The Bertz CT molecular complexity index is 861. The number of phosphoric acid groups is 1. The van der Waals surface area contributed by atoms with Gasteiger partial charge in [-0.2, -0.15) is 0 Å². The van der Waals surface area contributed by atoms with E-state index in [-0.39, 0.29) is 19.6 Å². The summed E-state index contributed by atoms with van der Waals surface area (Å²) in [5.74, 6) is -0.397. The Kier molecular flexibility index (Phi) is 35.5. The summed E-state index contributed by atoms with van der Waals surface area (Å²) in [7, 11) is -4.52. The van der Waals surface area contributed by atoms with Crippen molar-refractivity contribution in [3.8, 4) is 0 Å². The lowest BCUT2D eigenvalue weighted by molar-refractivity contribution is -0.154. The molecule has 0 aromatic rings. The lowest BCUT2D eigenvalue weighted by Crippen LogP contribution is -2.29. The van der Waals surface area contributed by atoms with Crippen LogP contribution in [0.25, 0.3) is 0 Å². The first-order valence-electron chi connectivity index (χ1n) is 19.5. The lowest BCUT2D eigenvalue weighted by atomic mass is 10.1. The van der Waals surface area contributed by atoms with Crippen molar-refractivity contribution >= 4 is 13.8 Å². The number of aliphatic hydroxyl groups is 2. The molecule has 0 spiro atoms. The summed E-state index contributed by atoms with van der Waals surface area (Å²) in [6.45, 7) is 3.42. The number of unbranched alkanes of at least 4 members (excludes halogenated alkanes) is 17. The number of ether oxygens (including phenoxy) is 2. The van der Waals surface area contributed by atoms with Crippen LogP contribution in [0.4, 0.5) is 0 Å². The summed E-state index contributed by atoms with van der Waals surface area (Å²) >= 11 is 0. The van der Waals surface area contributed by atoms with Gasteiger partial charge in [0.15, 0.2) is 0 Å². The molecule has 49 heavy (non-hydrogen) atoms. The molecule has 0 rings (SSSR count). The van der Waals surface area contributed by atoms with Crippen LogP contribution in [0.2, 0.25) is 0 Å². The summed E-state index contributed by atoms with van der Waals surface area (Å²) in [6.07, 6.45) is 36.7. The average molecular weight is 717 g/mol. The van der Waals surface area contributed by atoms with Crippen molar-refractivity contribution in [1.29, 1.82) is 0 Å². The first-order chi connectivity index (χ1) is 23.8. The Morgan fingerprint density at radius 2 is 1.12 bits per heavy atom. The molecule has 3 unspecified atom stereocenters. The summed E-state index contributed by atoms with van der Waals surface area (Å²) < 4.78 is 33.2. The Morgan fingerprint density at radius 3 is 1.71 bits per heavy atom. The second-order valence-corrected chi connectivity index (χ2v) is 14.4. The highest BCUT2D eigenvalue weighted by molar-refractivity contribution is 7.47. The van der Waals surface area contributed by atoms with E-state index in [4.69, 9.17) is 23.6 Å². The fourth-order valence-electron chi connectivity index (χ4n) is 5.01. The van der Waals surface area contributed by atoms with Gasteiger partial charge in [0.1, 0.15) is 12.2 Å². The van der Waals surface area contributed by atoms with Gasteiger partial charge in [0, 0.05) is 13.0 Å². The summed E-state index contributed by atoms with van der Waals surface area (Å²) in [4.78, 5) is 22.5. The van der Waals surface area contributed by atoms with Crippen molar-refractivity contribution in [2.45, 2.75) is 174 Å². The van der Waals surface area contributed by atoms with Crippen molar-refractivity contribution in [2.75, 3.05) is 33.0 Å². The quantitative estimate of drug-likeness (QED) is 0.0249. The normalized spacial score (nSPS) is 14.6. The first kappa shape index (κ1) is 47.7. The average Bonchev–Trinajstić information content (AvgIpc) is 3.09. The molecule has 0 fully saturated rings. The molecular formula is C39H73O9P. The number of hydrogen-bond acceptors (Lipinski definition) is 8. The minimum Gasteiger partial charge on any atom is -0.457 e. The van der Waals surface area contributed by atoms with Crippen molar-refractivity contribution in [2.24, 2.45) is 0 Å². The van der Waals surface area contributed by atoms with Gasteiger partial charge < -0.3 is 24.6 Å². The molecule has 0 bridgehead atoms. The van der Waals surface area contributed by atoms with Crippen molar-refractivity contribution in [1.82, 2.24) is 0 Å². The molecule has 0 aliphatic rings. The molecule has 0 saturated carbocycles. The van der Waals surface area contributed by atoms with Crippen molar-refractivity contribution in [3.05, 3.63) is 36.5 Å². The number of carbonyl (C=O) groups excluding carboxylic acids is 1. The summed E-state index contributed by atoms with van der Waals surface area (Å²) in [6, 6.07) is 0. The Morgan fingerprint density at radius 1 is 0.633 bits per heavy atom. The zero-order chi connectivity index (χ0) is 36.1. The Hall–Kier alpha value is -1.32. The topological polar surface area (TPSA) is 132 Å². The molecule has 288 valence electrons. The van der Waals surface area contributed by atoms with Crippen LogP contribution in [-0.2, 0) is 27.9 Å². The van der Waals surface area contributed by atoms with Gasteiger partial charge in [0.05, 0.1) is 26.4 Å². The van der Waals surface area contributed by atoms with E-state index in [2.05, 4.69) is 50.3 Å². The number of phosphoric ester groups is 1. The number of esters is 1. The maximum absolute atomic E-state index is 12.5. The monoisotopic (exact) mass is 716 g/mol. The van der Waals surface area contributed by atoms with Crippen LogP contribution < -0.4 is 0 Å². The summed E-state index contributed by atoms with van der Waals surface area (Å²) in [5, 5.41) is 18.3. The minimum atomic E-state index is -4.52. The predicted molar refractivity (Wildman–Crippen MR) is 200 cm³/mol. The smallest absolute Gasteiger partial charge is 0.457 e. The maximum atomic E-state index is 12.5. The van der Waals surface area contributed by atoms with Gasteiger partial charge in [-0.25, -0.2) is 4.57 Å². The highest BCUT2D eigenvalue weighted by Gasteiger charge is 2.26. The molecule has 9 nitrogen and oxygen atoms in total. The van der Waals surface area contributed by atoms with E-state index in [1.807, 2.05) is 0 Å². The van der Waals surface area contributed by atoms with E-state index >= 15 is 0 Å². The van der Waals surface area contributed by atoms with E-state index in [1.54, 1.807) is 0 Å². The second kappa shape index (κ2) is 36.5. The van der Waals surface area contributed by atoms with Gasteiger partial charge >= 0.3 is 13.8 Å². The molecule has 3 N–H and O–H groups in total. The molecule has 0 saturated heterocycles. The molecular weight excluding hydrogens is 643 g/mol. The maximum Gasteiger partial charge on any atom is 0.472 e. The van der Waals surface area contributed by atoms with E-state index in [1.165, 1.54) is 70.6 Å². The van der Waals surface area contributed by atoms with Crippen LogP contribution in [0.5, 0.6) is 0 Å². The number of allylic oxidation sites excluding steroid dienone is 6.